The van der Waals surface area contributed by atoms with Crippen LogP contribution in [0.2, 0.25) is 0 Å². The zero-order valence-corrected chi connectivity index (χ0v) is 8.64. The first-order chi connectivity index (χ1) is 6.13. The van der Waals surface area contributed by atoms with Crippen LogP contribution in [0.4, 0.5) is 0 Å². The van der Waals surface area contributed by atoms with Gasteiger partial charge >= 0.3 is 0 Å². The smallest absolute Gasteiger partial charge is 0.138 e. The Morgan fingerprint density at radius 1 is 1.46 bits per heavy atom. The number of hydrogen-bond donors (Lipinski definition) is 0. The lowest BCUT2D eigenvalue weighted by Crippen LogP contribution is -2.05. The van der Waals surface area contributed by atoms with Crippen LogP contribution in [0, 0.1) is 13.8 Å². The maximum Gasteiger partial charge on any atom is 0.138 e. The van der Waals surface area contributed by atoms with E-state index < -0.39 is 5.38 Å². The van der Waals surface area contributed by atoms with Gasteiger partial charge in [0.25, 0.3) is 0 Å². The number of aldehydes is 1. The van der Waals surface area contributed by atoms with Crippen LogP contribution in [0.5, 0.6) is 0 Å². The van der Waals surface area contributed by atoms with Gasteiger partial charge in [-0.25, -0.2) is 0 Å². The van der Waals surface area contributed by atoms with Gasteiger partial charge in [0.2, 0.25) is 0 Å². The number of carbonyl (C=O) groups is 1. The molecule has 0 radical (unpaired) electrons. The molecule has 0 aromatic heterocycles. The molecule has 0 aliphatic carbocycles. The quantitative estimate of drug-likeness (QED) is 0.537. The number of rotatable bonds is 3. The highest BCUT2D eigenvalue weighted by molar-refractivity contribution is 6.27. The molecule has 1 atom stereocenters. The van der Waals surface area contributed by atoms with Gasteiger partial charge in [0, 0.05) is 0 Å². The summed E-state index contributed by atoms with van der Waals surface area (Å²) in [5.41, 5.74) is 3.59. The topological polar surface area (TPSA) is 17.1 Å². The van der Waals surface area contributed by atoms with Gasteiger partial charge in [-0.1, -0.05) is 23.8 Å². The van der Waals surface area contributed by atoms with Crippen molar-refractivity contribution in [2.24, 2.45) is 0 Å². The Kier molecular flexibility index (Phi) is 3.49. The van der Waals surface area contributed by atoms with Crippen molar-refractivity contribution >= 4 is 17.9 Å². The van der Waals surface area contributed by atoms with Crippen LogP contribution in [-0.2, 0) is 11.2 Å². The van der Waals surface area contributed by atoms with Gasteiger partial charge in [0.05, 0.1) is 5.38 Å². The van der Waals surface area contributed by atoms with Crippen molar-refractivity contribution < 1.29 is 4.79 Å². The highest BCUT2D eigenvalue weighted by atomic mass is 35.5. The lowest BCUT2D eigenvalue weighted by Gasteiger charge is -2.07. The third kappa shape index (κ3) is 2.85. The molecule has 1 aromatic rings. The molecule has 1 aromatic carbocycles. The van der Waals surface area contributed by atoms with Crippen molar-refractivity contribution in [3.05, 3.63) is 34.9 Å². The molecule has 0 aliphatic heterocycles. The van der Waals surface area contributed by atoms with E-state index in [1.165, 1.54) is 11.1 Å². The minimum absolute atomic E-state index is 0.401. The van der Waals surface area contributed by atoms with Gasteiger partial charge < -0.3 is 4.79 Å². The van der Waals surface area contributed by atoms with Crippen molar-refractivity contribution in [2.45, 2.75) is 25.6 Å². The third-order valence-electron chi connectivity index (χ3n) is 2.06. The van der Waals surface area contributed by atoms with Gasteiger partial charge in [-0.3, -0.25) is 0 Å². The molecule has 0 saturated carbocycles. The SMILES string of the molecule is Cc1ccc(CC(Cl)C=O)c(C)c1. The first kappa shape index (κ1) is 10.3. The zero-order valence-electron chi connectivity index (χ0n) is 7.88. The maximum atomic E-state index is 10.4. The summed E-state index contributed by atoms with van der Waals surface area (Å²) >= 11 is 5.74. The lowest BCUT2D eigenvalue weighted by atomic mass is 10.0. The van der Waals surface area contributed by atoms with E-state index in [1.54, 1.807) is 0 Å². The van der Waals surface area contributed by atoms with E-state index >= 15 is 0 Å². The second kappa shape index (κ2) is 4.43. The first-order valence-corrected chi connectivity index (χ1v) is 4.72. The van der Waals surface area contributed by atoms with Crippen LogP contribution in [-0.4, -0.2) is 11.7 Å². The normalized spacial score (nSPS) is 12.5. The number of alkyl halides is 1. The molecule has 0 amide bonds. The fraction of sp³-hybridized carbons (Fsp3) is 0.364. The van der Waals surface area contributed by atoms with Crippen molar-refractivity contribution in [2.75, 3.05) is 0 Å². The average Bonchev–Trinajstić information content (AvgIpc) is 2.09. The molecule has 0 aliphatic rings. The van der Waals surface area contributed by atoms with Crippen LogP contribution < -0.4 is 0 Å². The third-order valence-corrected chi connectivity index (χ3v) is 2.32. The predicted octanol–water partition coefficient (Wildman–Crippen LogP) is 2.65. The molecular formula is C11H13ClO. The summed E-state index contributed by atoms with van der Waals surface area (Å²) in [4.78, 5) is 10.4. The van der Waals surface area contributed by atoms with Gasteiger partial charge in [-0.2, -0.15) is 0 Å². The Morgan fingerprint density at radius 2 is 2.15 bits per heavy atom. The van der Waals surface area contributed by atoms with Gasteiger partial charge in [-0.05, 0) is 31.4 Å². The van der Waals surface area contributed by atoms with Crippen LogP contribution >= 0.6 is 11.6 Å². The highest BCUT2D eigenvalue weighted by Gasteiger charge is 2.05. The second-order valence-corrected chi connectivity index (χ2v) is 3.85. The molecule has 0 N–H and O–H groups in total. The summed E-state index contributed by atoms with van der Waals surface area (Å²) in [6.07, 6.45) is 1.40. The second-order valence-electron chi connectivity index (χ2n) is 3.29. The van der Waals surface area contributed by atoms with Crippen molar-refractivity contribution in [1.82, 2.24) is 0 Å². The van der Waals surface area contributed by atoms with Crippen LogP contribution in [0.25, 0.3) is 0 Å². The van der Waals surface area contributed by atoms with E-state index in [4.69, 9.17) is 11.6 Å². The molecule has 1 unspecified atom stereocenters. The summed E-state index contributed by atoms with van der Waals surface area (Å²) in [6.45, 7) is 4.09. The first-order valence-electron chi connectivity index (χ1n) is 4.29. The molecule has 13 heavy (non-hydrogen) atoms. The number of carbonyl (C=O) groups excluding carboxylic acids is 1. The van der Waals surface area contributed by atoms with Crippen molar-refractivity contribution in [1.29, 1.82) is 0 Å². The summed E-state index contributed by atoms with van der Waals surface area (Å²) in [5, 5.41) is -0.401. The van der Waals surface area contributed by atoms with Crippen LogP contribution in [0.3, 0.4) is 0 Å². The molecule has 0 saturated heterocycles. The molecule has 0 heterocycles. The van der Waals surface area contributed by atoms with Crippen molar-refractivity contribution in [3.63, 3.8) is 0 Å². The molecule has 1 rings (SSSR count). The molecule has 2 heteroatoms. The molecule has 0 spiro atoms. The fourth-order valence-corrected chi connectivity index (χ4v) is 1.50. The Bertz CT molecular complexity index is 307. The van der Waals surface area contributed by atoms with Crippen molar-refractivity contribution in [3.8, 4) is 0 Å². The van der Waals surface area contributed by atoms with E-state index in [1.807, 2.05) is 19.1 Å². The molecule has 1 nitrogen and oxygen atoms in total. The minimum Gasteiger partial charge on any atom is -0.302 e. The standard InChI is InChI=1S/C11H13ClO/c1-8-3-4-10(9(2)5-8)6-11(12)7-13/h3-5,7,11H,6H2,1-2H3. The monoisotopic (exact) mass is 196 g/mol. The van der Waals surface area contributed by atoms with E-state index in [0.29, 0.717) is 6.42 Å². The van der Waals surface area contributed by atoms with Gasteiger partial charge in [0.1, 0.15) is 6.29 Å². The van der Waals surface area contributed by atoms with Gasteiger partial charge in [-0.15, -0.1) is 11.6 Å². The highest BCUT2D eigenvalue weighted by Crippen LogP contribution is 2.13. The maximum absolute atomic E-state index is 10.4. The Balaban J connectivity index is 2.83. The predicted molar refractivity (Wildman–Crippen MR) is 55.3 cm³/mol. The minimum atomic E-state index is -0.401. The Hall–Kier alpha value is -0.820. The fourth-order valence-electron chi connectivity index (χ4n) is 1.33. The van der Waals surface area contributed by atoms with E-state index in [9.17, 15) is 4.79 Å². The molecule has 70 valence electrons. The molecular weight excluding hydrogens is 184 g/mol. The number of hydrogen-bond acceptors (Lipinski definition) is 1. The molecule has 0 bridgehead atoms. The number of benzene rings is 1. The van der Waals surface area contributed by atoms with E-state index in [2.05, 4.69) is 13.0 Å². The number of aryl methyl sites for hydroxylation is 2. The Labute approximate surface area is 83.7 Å². The largest absolute Gasteiger partial charge is 0.302 e. The summed E-state index contributed by atoms with van der Waals surface area (Å²) in [6, 6.07) is 6.17. The van der Waals surface area contributed by atoms with E-state index in [0.717, 1.165) is 11.8 Å². The van der Waals surface area contributed by atoms with Gasteiger partial charge in [0.15, 0.2) is 0 Å². The summed E-state index contributed by atoms with van der Waals surface area (Å²) in [5.74, 6) is 0. The van der Waals surface area contributed by atoms with E-state index in [-0.39, 0.29) is 0 Å². The zero-order chi connectivity index (χ0) is 9.84. The van der Waals surface area contributed by atoms with Crippen LogP contribution in [0.15, 0.2) is 18.2 Å². The van der Waals surface area contributed by atoms with Crippen LogP contribution in [0.1, 0.15) is 16.7 Å². The Morgan fingerprint density at radius 3 is 2.69 bits per heavy atom. The summed E-state index contributed by atoms with van der Waals surface area (Å²) < 4.78 is 0. The average molecular weight is 197 g/mol. The summed E-state index contributed by atoms with van der Waals surface area (Å²) in [7, 11) is 0. The molecule has 0 fully saturated rings. The lowest BCUT2D eigenvalue weighted by molar-refractivity contribution is -0.107. The number of halogens is 1.